The molecule has 0 aliphatic heterocycles. The summed E-state index contributed by atoms with van der Waals surface area (Å²) in [5.74, 6) is 0.127. The quantitative estimate of drug-likeness (QED) is 0.448. The Morgan fingerprint density at radius 1 is 1.50 bits per heavy atom. The molecule has 0 fully saturated rings. The van der Waals surface area contributed by atoms with Crippen LogP contribution in [0.15, 0.2) is 11.1 Å². The van der Waals surface area contributed by atoms with Crippen LogP contribution in [0.5, 0.6) is 11.6 Å². The van der Waals surface area contributed by atoms with Crippen LogP contribution in [0.25, 0.3) is 0 Å². The number of ether oxygens (including phenoxy) is 1. The lowest BCUT2D eigenvalue weighted by Crippen LogP contribution is -2.14. The molecule has 0 bridgehead atoms. The Balaban J connectivity index is 3.16. The molecule has 0 saturated carbocycles. The number of pyridine rings is 1. The van der Waals surface area contributed by atoms with Crippen molar-refractivity contribution < 1.29 is 17.3 Å². The largest absolute Gasteiger partial charge is 0.491 e. The Bertz CT molecular complexity index is 599. The Morgan fingerprint density at radius 3 is 2.65 bits per heavy atom. The van der Waals surface area contributed by atoms with Crippen LogP contribution < -0.4 is 8.92 Å². The first-order valence-corrected chi connectivity index (χ1v) is 7.78. The van der Waals surface area contributed by atoms with Gasteiger partial charge in [-0.05, 0) is 13.8 Å². The highest BCUT2D eigenvalue weighted by atomic mass is 32.2. The topological polar surface area (TPSA) is 81.1 Å². The van der Waals surface area contributed by atoms with Crippen molar-refractivity contribution in [3.8, 4) is 11.6 Å². The molecule has 8 heteroatoms. The van der Waals surface area contributed by atoms with Crippen LogP contribution in [0.3, 0.4) is 0 Å². The average Bonchev–Trinajstić information content (AvgIpc) is 2.35. The van der Waals surface area contributed by atoms with E-state index in [0.29, 0.717) is 11.4 Å². The third-order valence-electron chi connectivity index (χ3n) is 2.46. The van der Waals surface area contributed by atoms with Crippen molar-refractivity contribution in [1.82, 2.24) is 9.88 Å². The molecule has 1 aromatic rings. The molecule has 0 spiro atoms. The molecule has 0 aliphatic carbocycles. The van der Waals surface area contributed by atoms with E-state index in [1.54, 1.807) is 19.3 Å². The lowest BCUT2D eigenvalue weighted by Gasteiger charge is -2.11. The van der Waals surface area contributed by atoms with Crippen molar-refractivity contribution >= 4 is 22.1 Å². The van der Waals surface area contributed by atoms with E-state index in [2.05, 4.69) is 9.98 Å². The van der Waals surface area contributed by atoms with Gasteiger partial charge in [-0.1, -0.05) is 0 Å². The average molecular weight is 301 g/mol. The van der Waals surface area contributed by atoms with Crippen LogP contribution in [-0.4, -0.2) is 51.6 Å². The number of aliphatic imine (C=N–C) groups is 1. The summed E-state index contributed by atoms with van der Waals surface area (Å²) in [5.41, 5.74) is 1.13. The van der Waals surface area contributed by atoms with Gasteiger partial charge in [-0.3, -0.25) is 0 Å². The fourth-order valence-electron chi connectivity index (χ4n) is 1.28. The first kappa shape index (κ1) is 16.2. The first-order chi connectivity index (χ1) is 9.26. The summed E-state index contributed by atoms with van der Waals surface area (Å²) >= 11 is 0. The van der Waals surface area contributed by atoms with Crippen molar-refractivity contribution in [2.75, 3.05) is 27.0 Å². The van der Waals surface area contributed by atoms with E-state index >= 15 is 0 Å². The third-order valence-corrected chi connectivity index (χ3v) is 2.92. The first-order valence-electron chi connectivity index (χ1n) is 5.96. The van der Waals surface area contributed by atoms with Crippen LogP contribution >= 0.6 is 0 Å². The molecule has 0 atom stereocenters. The number of aromatic nitrogens is 1. The second-order valence-electron chi connectivity index (χ2n) is 4.21. The zero-order valence-corrected chi connectivity index (χ0v) is 13.1. The molecule has 1 rings (SSSR count). The van der Waals surface area contributed by atoms with E-state index < -0.39 is 10.1 Å². The van der Waals surface area contributed by atoms with Crippen LogP contribution in [-0.2, 0) is 10.1 Å². The van der Waals surface area contributed by atoms with Crippen molar-refractivity contribution in [1.29, 1.82) is 0 Å². The van der Waals surface area contributed by atoms with E-state index in [4.69, 9.17) is 8.92 Å². The van der Waals surface area contributed by atoms with E-state index in [-0.39, 0.29) is 11.6 Å². The molecule has 112 valence electrons. The van der Waals surface area contributed by atoms with E-state index in [9.17, 15) is 8.42 Å². The molecule has 0 radical (unpaired) electrons. The van der Waals surface area contributed by atoms with Crippen LogP contribution in [0, 0.1) is 6.92 Å². The van der Waals surface area contributed by atoms with Gasteiger partial charge in [0.05, 0.1) is 31.1 Å². The van der Waals surface area contributed by atoms with Gasteiger partial charge in [-0.15, -0.1) is 0 Å². The molecular formula is C12H19N3O4S. The minimum absolute atomic E-state index is 0.0877. The van der Waals surface area contributed by atoms with E-state index in [1.165, 1.54) is 7.11 Å². The fraction of sp³-hybridized carbons (Fsp3) is 0.500. The molecule has 0 aliphatic rings. The molecule has 0 amide bonds. The van der Waals surface area contributed by atoms with Gasteiger partial charge in [0.25, 0.3) is 5.88 Å². The minimum Gasteiger partial charge on any atom is -0.491 e. The van der Waals surface area contributed by atoms with Gasteiger partial charge in [-0.25, -0.2) is 9.98 Å². The number of aryl methyl sites for hydroxylation is 1. The zero-order valence-electron chi connectivity index (χ0n) is 12.2. The second-order valence-corrected chi connectivity index (χ2v) is 5.78. The van der Waals surface area contributed by atoms with Crippen molar-refractivity contribution in [3.63, 3.8) is 0 Å². The lowest BCUT2D eigenvalue weighted by atomic mass is 10.3. The second kappa shape index (κ2) is 6.56. The molecule has 0 aromatic carbocycles. The predicted octanol–water partition coefficient (Wildman–Crippen LogP) is 1.35. The lowest BCUT2D eigenvalue weighted by molar-refractivity contribution is 0.385. The molecule has 0 N–H and O–H groups in total. The summed E-state index contributed by atoms with van der Waals surface area (Å²) in [6.45, 7) is 4.54. The number of nitrogens with zero attached hydrogens (tertiary/aromatic N) is 3. The van der Waals surface area contributed by atoms with E-state index in [0.717, 1.165) is 12.8 Å². The number of hydrogen-bond donors (Lipinski definition) is 0. The highest BCUT2D eigenvalue weighted by molar-refractivity contribution is 7.86. The Labute approximate surface area is 119 Å². The van der Waals surface area contributed by atoms with Gasteiger partial charge in [0.1, 0.15) is 0 Å². The maximum atomic E-state index is 11.2. The normalized spacial score (nSPS) is 11.7. The summed E-state index contributed by atoms with van der Waals surface area (Å²) in [5, 5.41) is 0. The Hall–Kier alpha value is -1.83. The van der Waals surface area contributed by atoms with Gasteiger partial charge in [-0.2, -0.15) is 8.42 Å². The maximum Gasteiger partial charge on any atom is 0.307 e. The number of hydrogen-bond acceptors (Lipinski definition) is 6. The summed E-state index contributed by atoms with van der Waals surface area (Å²) in [7, 11) is -0.355. The minimum atomic E-state index is -3.66. The standard InChI is InChI=1S/C12H19N3O4S/c1-6-15(3)8-13-10-7-11(18-4)12(14-9(10)2)19-20(5,16)17/h7-8H,6H2,1-5H3. The van der Waals surface area contributed by atoms with Gasteiger partial charge < -0.3 is 13.8 Å². The molecular weight excluding hydrogens is 282 g/mol. The number of methoxy groups -OCH3 is 1. The summed E-state index contributed by atoms with van der Waals surface area (Å²) < 4.78 is 32.2. The van der Waals surface area contributed by atoms with Crippen LogP contribution in [0.4, 0.5) is 5.69 Å². The zero-order chi connectivity index (χ0) is 15.3. The molecule has 7 nitrogen and oxygen atoms in total. The molecule has 0 unspecified atom stereocenters. The van der Waals surface area contributed by atoms with Crippen LogP contribution in [0.1, 0.15) is 12.6 Å². The molecule has 1 aromatic heterocycles. The van der Waals surface area contributed by atoms with Gasteiger partial charge in [0.15, 0.2) is 5.75 Å². The van der Waals surface area contributed by atoms with E-state index in [1.807, 2.05) is 18.9 Å². The summed E-state index contributed by atoms with van der Waals surface area (Å²) in [4.78, 5) is 10.2. The monoisotopic (exact) mass is 301 g/mol. The highest BCUT2D eigenvalue weighted by Gasteiger charge is 2.15. The molecule has 0 saturated heterocycles. The van der Waals surface area contributed by atoms with Gasteiger partial charge >= 0.3 is 10.1 Å². The van der Waals surface area contributed by atoms with Gasteiger partial charge in [0.2, 0.25) is 0 Å². The summed E-state index contributed by atoms with van der Waals surface area (Å²) in [6.07, 6.45) is 2.62. The fourth-order valence-corrected chi connectivity index (χ4v) is 1.68. The number of rotatable bonds is 6. The predicted molar refractivity (Wildman–Crippen MR) is 77.5 cm³/mol. The van der Waals surface area contributed by atoms with Crippen molar-refractivity contribution in [2.24, 2.45) is 4.99 Å². The smallest absolute Gasteiger partial charge is 0.307 e. The maximum absolute atomic E-state index is 11.2. The van der Waals surface area contributed by atoms with Crippen LogP contribution in [0.2, 0.25) is 0 Å². The Kier molecular flexibility index (Phi) is 5.32. The third kappa shape index (κ3) is 4.69. The van der Waals surface area contributed by atoms with Crippen molar-refractivity contribution in [2.45, 2.75) is 13.8 Å². The van der Waals surface area contributed by atoms with Gasteiger partial charge in [0, 0.05) is 19.7 Å². The molecule has 1 heterocycles. The highest BCUT2D eigenvalue weighted by Crippen LogP contribution is 2.32. The SMILES string of the molecule is CCN(C)C=Nc1cc(OC)c(OS(C)(=O)=O)nc1C. The summed E-state index contributed by atoms with van der Waals surface area (Å²) in [6, 6.07) is 1.59. The Morgan fingerprint density at radius 2 is 2.15 bits per heavy atom. The molecule has 20 heavy (non-hydrogen) atoms. The van der Waals surface area contributed by atoms with Crippen molar-refractivity contribution in [3.05, 3.63) is 11.8 Å².